The molecule has 1 aromatic rings. The fourth-order valence-corrected chi connectivity index (χ4v) is 3.03. The Labute approximate surface area is 102 Å². The van der Waals surface area contributed by atoms with Gasteiger partial charge in [0.25, 0.3) is 0 Å². The summed E-state index contributed by atoms with van der Waals surface area (Å²) >= 11 is 0. The third kappa shape index (κ3) is 1.89. The summed E-state index contributed by atoms with van der Waals surface area (Å²) in [6, 6.07) is 6.22. The van der Waals surface area contributed by atoms with Gasteiger partial charge in [-0.3, -0.25) is 0 Å². The second-order valence-corrected chi connectivity index (χ2v) is 5.13. The van der Waals surface area contributed by atoms with E-state index in [0.29, 0.717) is 5.92 Å². The Morgan fingerprint density at radius 1 is 1.41 bits per heavy atom. The zero-order valence-corrected chi connectivity index (χ0v) is 10.5. The topological polar surface area (TPSA) is 21.7 Å². The zero-order chi connectivity index (χ0) is 11.8. The summed E-state index contributed by atoms with van der Waals surface area (Å²) in [5, 5.41) is 0. The highest BCUT2D eigenvalue weighted by Crippen LogP contribution is 2.42. The molecule has 0 amide bonds. The first-order valence-electron chi connectivity index (χ1n) is 6.27. The lowest BCUT2D eigenvalue weighted by Gasteiger charge is -2.17. The second-order valence-electron chi connectivity index (χ2n) is 5.13. The largest absolute Gasteiger partial charge is 0.497 e. The van der Waals surface area contributed by atoms with E-state index in [0.717, 1.165) is 24.0 Å². The number of methoxy groups -OCH3 is 1. The SMILES string of the molecule is COc1ccc2c(c1)OCC2C1CCN(C)C1. The van der Waals surface area contributed by atoms with Crippen molar-refractivity contribution in [3.63, 3.8) is 0 Å². The summed E-state index contributed by atoms with van der Waals surface area (Å²) in [7, 11) is 3.89. The van der Waals surface area contributed by atoms with Crippen molar-refractivity contribution < 1.29 is 9.47 Å². The van der Waals surface area contributed by atoms with E-state index < -0.39 is 0 Å². The average Bonchev–Trinajstić information content (AvgIpc) is 2.93. The van der Waals surface area contributed by atoms with Gasteiger partial charge in [0.2, 0.25) is 0 Å². The Morgan fingerprint density at radius 2 is 2.29 bits per heavy atom. The fourth-order valence-electron chi connectivity index (χ4n) is 3.03. The molecule has 2 aliphatic heterocycles. The van der Waals surface area contributed by atoms with Gasteiger partial charge in [0.05, 0.1) is 13.7 Å². The van der Waals surface area contributed by atoms with Crippen molar-refractivity contribution in [2.45, 2.75) is 12.3 Å². The van der Waals surface area contributed by atoms with E-state index in [1.807, 2.05) is 12.1 Å². The van der Waals surface area contributed by atoms with Gasteiger partial charge in [-0.1, -0.05) is 6.07 Å². The van der Waals surface area contributed by atoms with Crippen molar-refractivity contribution in [2.75, 3.05) is 33.9 Å². The third-order valence-corrected chi connectivity index (χ3v) is 4.04. The van der Waals surface area contributed by atoms with Gasteiger partial charge >= 0.3 is 0 Å². The highest BCUT2D eigenvalue weighted by Gasteiger charge is 2.34. The van der Waals surface area contributed by atoms with Gasteiger partial charge in [-0.05, 0) is 32.0 Å². The van der Waals surface area contributed by atoms with Crippen LogP contribution in [0.2, 0.25) is 0 Å². The number of hydrogen-bond donors (Lipinski definition) is 0. The van der Waals surface area contributed by atoms with E-state index in [1.165, 1.54) is 25.1 Å². The Hall–Kier alpha value is -1.22. The van der Waals surface area contributed by atoms with E-state index in [1.54, 1.807) is 7.11 Å². The molecule has 1 saturated heterocycles. The molecule has 0 bridgehead atoms. The lowest BCUT2D eigenvalue weighted by molar-refractivity contribution is 0.285. The molecule has 2 aliphatic rings. The zero-order valence-electron chi connectivity index (χ0n) is 10.5. The first kappa shape index (κ1) is 10.9. The van der Waals surface area contributed by atoms with Crippen LogP contribution in [-0.4, -0.2) is 38.8 Å². The van der Waals surface area contributed by atoms with Crippen LogP contribution < -0.4 is 9.47 Å². The molecule has 0 radical (unpaired) electrons. The Bertz CT molecular complexity index is 419. The summed E-state index contributed by atoms with van der Waals surface area (Å²) < 4.78 is 11.0. The van der Waals surface area contributed by atoms with Crippen LogP contribution >= 0.6 is 0 Å². The maximum Gasteiger partial charge on any atom is 0.126 e. The molecule has 3 heteroatoms. The van der Waals surface area contributed by atoms with Crippen LogP contribution in [0.25, 0.3) is 0 Å². The lowest BCUT2D eigenvalue weighted by Crippen LogP contribution is -2.19. The monoisotopic (exact) mass is 233 g/mol. The predicted octanol–water partition coefficient (Wildman–Crippen LogP) is 2.12. The molecule has 3 rings (SSSR count). The minimum absolute atomic E-state index is 0.570. The molecule has 1 fully saturated rings. The number of nitrogens with zero attached hydrogens (tertiary/aromatic N) is 1. The van der Waals surface area contributed by atoms with Gasteiger partial charge in [0.15, 0.2) is 0 Å². The third-order valence-electron chi connectivity index (χ3n) is 4.04. The van der Waals surface area contributed by atoms with Crippen LogP contribution in [0.15, 0.2) is 18.2 Å². The smallest absolute Gasteiger partial charge is 0.126 e. The highest BCUT2D eigenvalue weighted by molar-refractivity contribution is 5.45. The van der Waals surface area contributed by atoms with Gasteiger partial charge in [-0.25, -0.2) is 0 Å². The van der Waals surface area contributed by atoms with E-state index in [4.69, 9.17) is 9.47 Å². The molecule has 17 heavy (non-hydrogen) atoms. The van der Waals surface area contributed by atoms with Crippen molar-refractivity contribution in [1.82, 2.24) is 4.90 Å². The van der Waals surface area contributed by atoms with Crippen LogP contribution in [0.4, 0.5) is 0 Å². The number of fused-ring (bicyclic) bond motifs is 1. The number of likely N-dealkylation sites (tertiary alicyclic amines) is 1. The molecule has 0 N–H and O–H groups in total. The molecule has 0 aliphatic carbocycles. The number of rotatable bonds is 2. The van der Waals surface area contributed by atoms with Crippen LogP contribution in [0.1, 0.15) is 17.9 Å². The maximum absolute atomic E-state index is 5.80. The molecular weight excluding hydrogens is 214 g/mol. The molecular formula is C14H19NO2. The fraction of sp³-hybridized carbons (Fsp3) is 0.571. The Balaban J connectivity index is 1.84. The molecule has 92 valence electrons. The van der Waals surface area contributed by atoms with Crippen LogP contribution in [0.5, 0.6) is 11.5 Å². The molecule has 0 spiro atoms. The molecule has 2 heterocycles. The summed E-state index contributed by atoms with van der Waals surface area (Å²) in [4.78, 5) is 2.41. The van der Waals surface area contributed by atoms with Crippen LogP contribution in [0, 0.1) is 5.92 Å². The Morgan fingerprint density at radius 3 is 3.00 bits per heavy atom. The quantitative estimate of drug-likeness (QED) is 0.781. The molecule has 3 nitrogen and oxygen atoms in total. The van der Waals surface area contributed by atoms with E-state index in [9.17, 15) is 0 Å². The maximum atomic E-state index is 5.80. The highest BCUT2D eigenvalue weighted by atomic mass is 16.5. The minimum Gasteiger partial charge on any atom is -0.497 e. The standard InChI is InChI=1S/C14H19NO2/c1-15-6-5-10(8-15)13-9-17-14-7-11(16-2)3-4-12(13)14/h3-4,7,10,13H,5-6,8-9H2,1-2H3. The predicted molar refractivity (Wildman–Crippen MR) is 66.8 cm³/mol. The molecule has 2 atom stereocenters. The molecule has 2 unspecified atom stereocenters. The Kier molecular flexibility index (Phi) is 2.71. The molecule has 1 aromatic carbocycles. The van der Waals surface area contributed by atoms with Crippen molar-refractivity contribution in [3.8, 4) is 11.5 Å². The number of ether oxygens (including phenoxy) is 2. The van der Waals surface area contributed by atoms with Crippen LogP contribution in [-0.2, 0) is 0 Å². The van der Waals surface area contributed by atoms with Crippen molar-refractivity contribution >= 4 is 0 Å². The van der Waals surface area contributed by atoms with Gasteiger partial charge in [-0.2, -0.15) is 0 Å². The van der Waals surface area contributed by atoms with Crippen molar-refractivity contribution in [2.24, 2.45) is 5.92 Å². The summed E-state index contributed by atoms with van der Waals surface area (Å²) in [5.41, 5.74) is 1.37. The normalized spacial score (nSPS) is 27.9. The van der Waals surface area contributed by atoms with E-state index in [-0.39, 0.29) is 0 Å². The van der Waals surface area contributed by atoms with Gasteiger partial charge in [0.1, 0.15) is 11.5 Å². The summed E-state index contributed by atoms with van der Waals surface area (Å²) in [5.74, 6) is 3.22. The minimum atomic E-state index is 0.570. The van der Waals surface area contributed by atoms with Gasteiger partial charge < -0.3 is 14.4 Å². The first-order valence-corrected chi connectivity index (χ1v) is 6.27. The summed E-state index contributed by atoms with van der Waals surface area (Å²) in [6.45, 7) is 3.24. The molecule has 0 aromatic heterocycles. The lowest BCUT2D eigenvalue weighted by atomic mass is 9.87. The number of hydrogen-bond acceptors (Lipinski definition) is 3. The summed E-state index contributed by atoms with van der Waals surface area (Å²) in [6.07, 6.45) is 1.29. The first-order chi connectivity index (χ1) is 8.28. The second kappa shape index (κ2) is 4.22. The van der Waals surface area contributed by atoms with Crippen molar-refractivity contribution in [1.29, 1.82) is 0 Å². The number of benzene rings is 1. The van der Waals surface area contributed by atoms with Crippen molar-refractivity contribution in [3.05, 3.63) is 23.8 Å². The molecule has 0 saturated carbocycles. The van der Waals surface area contributed by atoms with Crippen LogP contribution in [0.3, 0.4) is 0 Å². The van der Waals surface area contributed by atoms with Gasteiger partial charge in [0, 0.05) is 24.1 Å². The van der Waals surface area contributed by atoms with Gasteiger partial charge in [-0.15, -0.1) is 0 Å². The van der Waals surface area contributed by atoms with E-state index in [2.05, 4.69) is 18.0 Å². The van der Waals surface area contributed by atoms with E-state index >= 15 is 0 Å². The average molecular weight is 233 g/mol.